The minimum Gasteiger partial charge on any atom is -0.399 e. The van der Waals surface area contributed by atoms with E-state index < -0.39 is 16.0 Å². The molecule has 0 spiro atoms. The lowest BCUT2D eigenvalue weighted by Crippen LogP contribution is -2.22. The van der Waals surface area contributed by atoms with Crippen molar-refractivity contribution in [2.24, 2.45) is 0 Å². The molecule has 0 aliphatic rings. The van der Waals surface area contributed by atoms with Crippen LogP contribution in [0.5, 0.6) is 0 Å². The maximum atomic E-state index is 11.7. The maximum Gasteiger partial charge on any atom is 0.0649 e. The van der Waals surface area contributed by atoms with Crippen molar-refractivity contribution in [1.82, 2.24) is 0 Å². The standard InChI is InChI=1S/C27H45N2O2PS/c1-5-7-9-11-18-33(31,32)26-17-16-23(29(3)4)20-24(26)27(25(30)15-10-8-6-2)21-13-12-14-22(28)19-21/h12-14,16-17,19-20,25,27,30-31H,5-11,15,18,28,32H2,1-4H3/t25-,27+/m0/s1. The van der Waals surface area contributed by atoms with Gasteiger partial charge in [0, 0.05) is 42.0 Å². The molecule has 0 saturated heterocycles. The highest BCUT2D eigenvalue weighted by atomic mass is 32.8. The summed E-state index contributed by atoms with van der Waals surface area (Å²) in [7, 11) is 4.75. The number of nitrogen functional groups attached to an aromatic ring is 1. The van der Waals surface area contributed by atoms with Crippen molar-refractivity contribution in [2.45, 2.75) is 82.1 Å². The SMILES string of the molecule is CCCCCCS(O)(P)c1ccc(N(C)C)cc1[C@@H](c1cccc(N)c1)[C@@H](O)CCCCC. The Bertz CT molecular complexity index is 860. The van der Waals surface area contributed by atoms with Crippen LogP contribution in [0.2, 0.25) is 0 Å². The van der Waals surface area contributed by atoms with Crippen LogP contribution in [-0.4, -0.2) is 35.6 Å². The average molecular weight is 493 g/mol. The van der Waals surface area contributed by atoms with E-state index in [-0.39, 0.29) is 5.92 Å². The number of hydrogen-bond acceptors (Lipinski definition) is 4. The van der Waals surface area contributed by atoms with E-state index in [1.54, 1.807) is 0 Å². The number of nitrogens with two attached hydrogens (primary N) is 1. The quantitative estimate of drug-likeness (QED) is 0.146. The number of aliphatic hydroxyl groups excluding tert-OH is 1. The summed E-state index contributed by atoms with van der Waals surface area (Å²) in [6.07, 6.45) is 7.86. The fourth-order valence-corrected chi connectivity index (χ4v) is 7.28. The monoisotopic (exact) mass is 492 g/mol. The molecule has 2 unspecified atom stereocenters. The predicted octanol–water partition coefficient (Wildman–Crippen LogP) is 7.41. The first-order chi connectivity index (χ1) is 15.7. The van der Waals surface area contributed by atoms with E-state index in [2.05, 4.69) is 51.5 Å². The van der Waals surface area contributed by atoms with Gasteiger partial charge in [0.15, 0.2) is 0 Å². The van der Waals surface area contributed by atoms with Crippen molar-refractivity contribution in [3.8, 4) is 0 Å². The van der Waals surface area contributed by atoms with Gasteiger partial charge in [0.2, 0.25) is 0 Å². The first kappa shape index (κ1) is 28.0. The zero-order chi connectivity index (χ0) is 24.4. The summed E-state index contributed by atoms with van der Waals surface area (Å²) in [4.78, 5) is 3.03. The summed E-state index contributed by atoms with van der Waals surface area (Å²) in [5.41, 5.74) is 9.92. The molecule has 6 heteroatoms. The van der Waals surface area contributed by atoms with E-state index >= 15 is 0 Å². The molecule has 0 fully saturated rings. The zero-order valence-corrected chi connectivity index (χ0v) is 22.9. The number of benzene rings is 2. The topological polar surface area (TPSA) is 69.7 Å². The Morgan fingerprint density at radius 3 is 2.30 bits per heavy atom. The summed E-state index contributed by atoms with van der Waals surface area (Å²) in [5.74, 6) is 0.511. The van der Waals surface area contributed by atoms with Crippen LogP contribution in [0.4, 0.5) is 11.4 Å². The maximum absolute atomic E-state index is 11.7. The number of hydrogen-bond donors (Lipinski definition) is 3. The molecule has 0 heterocycles. The summed E-state index contributed by atoms with van der Waals surface area (Å²) < 4.78 is 11.7. The van der Waals surface area contributed by atoms with Gasteiger partial charge in [0.1, 0.15) is 0 Å². The van der Waals surface area contributed by atoms with Gasteiger partial charge in [-0.05, 0) is 54.3 Å². The Labute approximate surface area is 205 Å². The van der Waals surface area contributed by atoms with Crippen LogP contribution in [0.1, 0.15) is 82.3 Å². The molecular weight excluding hydrogens is 447 g/mol. The van der Waals surface area contributed by atoms with Crippen LogP contribution in [-0.2, 0) is 0 Å². The average Bonchev–Trinajstić information content (AvgIpc) is 2.77. The van der Waals surface area contributed by atoms with Crippen molar-refractivity contribution in [2.75, 3.05) is 30.5 Å². The Hall–Kier alpha value is -1.26. The third-order valence-electron chi connectivity index (χ3n) is 6.29. The Morgan fingerprint density at radius 1 is 0.970 bits per heavy atom. The number of rotatable bonds is 14. The van der Waals surface area contributed by atoms with Gasteiger partial charge >= 0.3 is 0 Å². The molecule has 4 atom stereocenters. The zero-order valence-electron chi connectivity index (χ0n) is 21.0. The molecule has 0 aliphatic carbocycles. The van der Waals surface area contributed by atoms with Crippen LogP contribution in [0.25, 0.3) is 0 Å². The van der Waals surface area contributed by atoms with Crippen LogP contribution >= 0.6 is 18.4 Å². The number of anilines is 2. The van der Waals surface area contributed by atoms with Gasteiger partial charge in [-0.2, -0.15) is 0 Å². The van der Waals surface area contributed by atoms with Crippen LogP contribution in [0.3, 0.4) is 0 Å². The second-order valence-electron chi connectivity index (χ2n) is 9.35. The first-order valence-electron chi connectivity index (χ1n) is 12.4. The molecule has 2 rings (SSSR count). The second-order valence-corrected chi connectivity index (χ2v) is 14.0. The molecular formula is C27H45N2O2PS. The molecule has 186 valence electrons. The van der Waals surface area contributed by atoms with E-state index in [0.717, 1.165) is 66.0 Å². The van der Waals surface area contributed by atoms with E-state index in [1.165, 1.54) is 12.8 Å². The van der Waals surface area contributed by atoms with Gasteiger partial charge < -0.3 is 20.3 Å². The fourth-order valence-electron chi connectivity index (χ4n) is 4.37. The van der Waals surface area contributed by atoms with Gasteiger partial charge in [-0.15, -0.1) is 0 Å². The molecule has 0 aliphatic heterocycles. The fraction of sp³-hybridized carbons (Fsp3) is 0.556. The number of aliphatic hydroxyl groups is 1. The second kappa shape index (κ2) is 13.6. The lowest BCUT2D eigenvalue weighted by Gasteiger charge is -2.36. The van der Waals surface area contributed by atoms with E-state index in [9.17, 15) is 9.66 Å². The van der Waals surface area contributed by atoms with E-state index in [0.29, 0.717) is 5.69 Å². The Balaban J connectivity index is 2.57. The molecule has 0 radical (unpaired) electrons. The molecule has 2 aromatic rings. The first-order valence-corrected chi connectivity index (χ1v) is 15.6. The highest BCUT2D eigenvalue weighted by molar-refractivity contribution is 8.65. The molecule has 2 aromatic carbocycles. The van der Waals surface area contributed by atoms with Crippen molar-refractivity contribution >= 4 is 29.7 Å². The van der Waals surface area contributed by atoms with Crippen molar-refractivity contribution < 1.29 is 9.66 Å². The van der Waals surface area contributed by atoms with Crippen LogP contribution in [0.15, 0.2) is 47.4 Å². The van der Waals surface area contributed by atoms with Gasteiger partial charge in [0.05, 0.1) is 6.10 Å². The highest BCUT2D eigenvalue weighted by Crippen LogP contribution is 2.62. The minimum atomic E-state index is -2.08. The molecule has 0 saturated carbocycles. The van der Waals surface area contributed by atoms with Crippen molar-refractivity contribution in [3.05, 3.63) is 53.6 Å². The largest absolute Gasteiger partial charge is 0.399 e. The van der Waals surface area contributed by atoms with Crippen LogP contribution in [0, 0.1) is 0 Å². The third kappa shape index (κ3) is 8.17. The predicted molar refractivity (Wildman–Crippen MR) is 151 cm³/mol. The summed E-state index contributed by atoms with van der Waals surface area (Å²) in [6, 6.07) is 14.2. The molecule has 0 amide bonds. The van der Waals surface area contributed by atoms with E-state index in [1.807, 2.05) is 32.3 Å². The summed E-state index contributed by atoms with van der Waals surface area (Å²) >= 11 is 0. The van der Waals surface area contributed by atoms with E-state index in [4.69, 9.17) is 5.73 Å². The van der Waals surface area contributed by atoms with Gasteiger partial charge in [0.25, 0.3) is 0 Å². The van der Waals surface area contributed by atoms with Crippen molar-refractivity contribution in [3.63, 3.8) is 0 Å². The molecule has 4 N–H and O–H groups in total. The van der Waals surface area contributed by atoms with Gasteiger partial charge in [-0.1, -0.05) is 82.9 Å². The molecule has 4 nitrogen and oxygen atoms in total. The molecule has 0 aromatic heterocycles. The Kier molecular flexibility index (Phi) is 11.5. The van der Waals surface area contributed by atoms with Gasteiger partial charge in [-0.25, -0.2) is 0 Å². The smallest absolute Gasteiger partial charge is 0.0649 e. The molecule has 0 bridgehead atoms. The van der Waals surface area contributed by atoms with Gasteiger partial charge in [-0.3, -0.25) is 0 Å². The Morgan fingerprint density at radius 2 is 1.67 bits per heavy atom. The van der Waals surface area contributed by atoms with Crippen molar-refractivity contribution in [1.29, 1.82) is 0 Å². The van der Waals surface area contributed by atoms with Crippen LogP contribution < -0.4 is 10.6 Å². The summed E-state index contributed by atoms with van der Waals surface area (Å²) in [6.45, 7) is 4.38. The lowest BCUT2D eigenvalue weighted by atomic mass is 9.84. The summed E-state index contributed by atoms with van der Waals surface area (Å²) in [5, 5.41) is 11.5. The molecule has 33 heavy (non-hydrogen) atoms. The highest BCUT2D eigenvalue weighted by Gasteiger charge is 2.30. The minimum absolute atomic E-state index is 0.240. The normalized spacial score (nSPS) is 16.1. The number of unbranched alkanes of at least 4 members (excludes halogenated alkanes) is 5. The number of nitrogens with zero attached hydrogens (tertiary/aromatic N) is 1. The third-order valence-corrected chi connectivity index (χ3v) is 9.81. The lowest BCUT2D eigenvalue weighted by molar-refractivity contribution is 0.142.